The van der Waals surface area contributed by atoms with E-state index in [1.54, 1.807) is 36.4 Å². The molecule has 0 spiro atoms. The summed E-state index contributed by atoms with van der Waals surface area (Å²) in [7, 11) is 0. The first-order valence-electron chi connectivity index (χ1n) is 6.14. The van der Waals surface area contributed by atoms with Crippen LogP contribution in [0.25, 0.3) is 0 Å². The summed E-state index contributed by atoms with van der Waals surface area (Å²) in [6.45, 7) is -0.0997. The van der Waals surface area contributed by atoms with Gasteiger partial charge in [-0.2, -0.15) is 0 Å². The highest BCUT2D eigenvalue weighted by Crippen LogP contribution is 2.14. The fourth-order valence-corrected chi connectivity index (χ4v) is 1.99. The molecule has 108 valence electrons. The van der Waals surface area contributed by atoms with Crippen LogP contribution in [0.5, 0.6) is 0 Å². The molecule has 0 heterocycles. The third-order valence-corrected chi connectivity index (χ3v) is 3.42. The lowest BCUT2D eigenvalue weighted by atomic mass is 10.2. The predicted octanol–water partition coefficient (Wildman–Crippen LogP) is 3.47. The lowest BCUT2D eigenvalue weighted by Crippen LogP contribution is -2.32. The van der Waals surface area contributed by atoms with Crippen LogP contribution < -0.4 is 10.6 Å². The molecule has 0 saturated carbocycles. The van der Waals surface area contributed by atoms with Crippen LogP contribution in [0.1, 0.15) is 10.4 Å². The van der Waals surface area contributed by atoms with E-state index in [0.717, 1.165) is 4.47 Å². The van der Waals surface area contributed by atoms with Gasteiger partial charge in [0.05, 0.1) is 6.54 Å². The van der Waals surface area contributed by atoms with Crippen LogP contribution >= 0.6 is 27.5 Å². The van der Waals surface area contributed by atoms with Gasteiger partial charge in [0, 0.05) is 20.7 Å². The average molecular weight is 368 g/mol. The zero-order chi connectivity index (χ0) is 15.2. The van der Waals surface area contributed by atoms with Gasteiger partial charge in [-0.3, -0.25) is 9.59 Å². The predicted molar refractivity (Wildman–Crippen MR) is 86.6 cm³/mol. The highest BCUT2D eigenvalue weighted by Gasteiger charge is 2.08. The van der Waals surface area contributed by atoms with Crippen molar-refractivity contribution in [1.82, 2.24) is 5.32 Å². The highest BCUT2D eigenvalue weighted by molar-refractivity contribution is 9.10. The van der Waals surface area contributed by atoms with Crippen molar-refractivity contribution in [3.05, 3.63) is 63.6 Å². The zero-order valence-corrected chi connectivity index (χ0v) is 13.2. The SMILES string of the molecule is O=C(CNC(=O)c1ccc(Cl)cc1)Nc1ccc(Br)cc1. The van der Waals surface area contributed by atoms with E-state index < -0.39 is 0 Å². The first kappa shape index (κ1) is 15.5. The van der Waals surface area contributed by atoms with Gasteiger partial charge in [0.25, 0.3) is 5.91 Å². The van der Waals surface area contributed by atoms with Gasteiger partial charge in [-0.25, -0.2) is 0 Å². The number of hydrogen-bond donors (Lipinski definition) is 2. The summed E-state index contributed by atoms with van der Waals surface area (Å²) in [4.78, 5) is 23.5. The Morgan fingerprint density at radius 2 is 1.62 bits per heavy atom. The fourth-order valence-electron chi connectivity index (χ4n) is 1.60. The van der Waals surface area contributed by atoms with Gasteiger partial charge in [0.2, 0.25) is 5.91 Å². The molecule has 0 aromatic heterocycles. The van der Waals surface area contributed by atoms with Crippen LogP contribution in [0.4, 0.5) is 5.69 Å². The van der Waals surface area contributed by atoms with Crippen molar-refractivity contribution in [2.24, 2.45) is 0 Å². The summed E-state index contributed by atoms with van der Waals surface area (Å²) in [5.41, 5.74) is 1.12. The van der Waals surface area contributed by atoms with Crippen LogP contribution in [-0.4, -0.2) is 18.4 Å². The lowest BCUT2D eigenvalue weighted by Gasteiger charge is -2.07. The molecule has 4 nitrogen and oxygen atoms in total. The fraction of sp³-hybridized carbons (Fsp3) is 0.0667. The molecule has 2 amide bonds. The Bertz CT molecular complexity index is 642. The largest absolute Gasteiger partial charge is 0.343 e. The highest BCUT2D eigenvalue weighted by atomic mass is 79.9. The molecule has 0 fully saturated rings. The van der Waals surface area contributed by atoms with Crippen molar-refractivity contribution in [3.63, 3.8) is 0 Å². The minimum absolute atomic E-state index is 0.0997. The number of carbonyl (C=O) groups is 2. The Balaban J connectivity index is 1.84. The number of benzene rings is 2. The van der Waals surface area contributed by atoms with Crippen molar-refractivity contribution < 1.29 is 9.59 Å². The molecule has 0 saturated heterocycles. The van der Waals surface area contributed by atoms with Crippen LogP contribution in [0.3, 0.4) is 0 Å². The Hall–Kier alpha value is -1.85. The Labute approximate surface area is 135 Å². The topological polar surface area (TPSA) is 58.2 Å². The molecule has 0 unspecified atom stereocenters. The van der Waals surface area contributed by atoms with E-state index in [-0.39, 0.29) is 18.4 Å². The first-order chi connectivity index (χ1) is 10.0. The van der Waals surface area contributed by atoms with Crippen LogP contribution in [-0.2, 0) is 4.79 Å². The quantitative estimate of drug-likeness (QED) is 0.869. The number of nitrogens with one attached hydrogen (secondary N) is 2. The Morgan fingerprint density at radius 3 is 2.24 bits per heavy atom. The van der Waals surface area contributed by atoms with E-state index in [1.165, 1.54) is 0 Å². The van der Waals surface area contributed by atoms with Crippen molar-refractivity contribution >= 4 is 45.0 Å². The van der Waals surface area contributed by atoms with Crippen LogP contribution in [0.2, 0.25) is 5.02 Å². The van der Waals surface area contributed by atoms with Gasteiger partial charge in [-0.15, -0.1) is 0 Å². The van der Waals surface area contributed by atoms with Gasteiger partial charge in [-0.1, -0.05) is 27.5 Å². The smallest absolute Gasteiger partial charge is 0.251 e. The molecule has 0 atom stereocenters. The third kappa shape index (κ3) is 4.88. The number of halogens is 2. The number of anilines is 1. The average Bonchev–Trinajstić information content (AvgIpc) is 2.48. The number of carbonyl (C=O) groups excluding carboxylic acids is 2. The summed E-state index contributed by atoms with van der Waals surface area (Å²) < 4.78 is 0.927. The molecule has 0 aliphatic heterocycles. The van der Waals surface area contributed by atoms with E-state index in [4.69, 9.17) is 11.6 Å². The van der Waals surface area contributed by atoms with E-state index in [9.17, 15) is 9.59 Å². The van der Waals surface area contributed by atoms with E-state index in [0.29, 0.717) is 16.3 Å². The summed E-state index contributed by atoms with van der Waals surface area (Å²) in [6, 6.07) is 13.6. The van der Waals surface area contributed by atoms with Gasteiger partial charge in [-0.05, 0) is 48.5 Å². The molecule has 2 aromatic rings. The van der Waals surface area contributed by atoms with Gasteiger partial charge >= 0.3 is 0 Å². The maximum atomic E-state index is 11.8. The molecule has 0 bridgehead atoms. The minimum atomic E-state index is -0.322. The number of hydrogen-bond acceptors (Lipinski definition) is 2. The first-order valence-corrected chi connectivity index (χ1v) is 7.31. The van der Waals surface area contributed by atoms with Crippen LogP contribution in [0, 0.1) is 0 Å². The molecule has 21 heavy (non-hydrogen) atoms. The van der Waals surface area contributed by atoms with E-state index in [1.807, 2.05) is 12.1 Å². The molecular weight excluding hydrogens is 356 g/mol. The molecule has 6 heteroatoms. The second-order valence-corrected chi connectivity index (χ2v) is 5.60. The van der Waals surface area contributed by atoms with Crippen molar-refractivity contribution in [2.75, 3.05) is 11.9 Å². The molecule has 2 N–H and O–H groups in total. The summed E-state index contributed by atoms with van der Waals surface area (Å²) in [5.74, 6) is -0.614. The molecule has 2 aromatic carbocycles. The summed E-state index contributed by atoms with van der Waals surface area (Å²) in [6.07, 6.45) is 0. The summed E-state index contributed by atoms with van der Waals surface area (Å²) >= 11 is 9.06. The Kier molecular flexibility index (Phi) is 5.36. The zero-order valence-electron chi connectivity index (χ0n) is 10.9. The molecule has 0 aliphatic carbocycles. The Morgan fingerprint density at radius 1 is 1.00 bits per heavy atom. The van der Waals surface area contributed by atoms with E-state index >= 15 is 0 Å². The second-order valence-electron chi connectivity index (χ2n) is 4.24. The molecule has 2 rings (SSSR count). The lowest BCUT2D eigenvalue weighted by molar-refractivity contribution is -0.115. The van der Waals surface area contributed by atoms with Crippen molar-refractivity contribution in [3.8, 4) is 0 Å². The standard InChI is InChI=1S/C15H12BrClN2O2/c16-11-3-7-13(8-4-11)19-14(20)9-18-15(21)10-1-5-12(17)6-2-10/h1-8H,9H2,(H,18,21)(H,19,20). The molecular formula is C15H12BrClN2O2. The van der Waals surface area contributed by atoms with Gasteiger partial charge in [0.15, 0.2) is 0 Å². The third-order valence-electron chi connectivity index (χ3n) is 2.64. The van der Waals surface area contributed by atoms with Crippen molar-refractivity contribution in [1.29, 1.82) is 0 Å². The number of amides is 2. The van der Waals surface area contributed by atoms with Crippen LogP contribution in [0.15, 0.2) is 53.0 Å². The van der Waals surface area contributed by atoms with Crippen molar-refractivity contribution in [2.45, 2.75) is 0 Å². The van der Waals surface area contributed by atoms with E-state index in [2.05, 4.69) is 26.6 Å². The van der Waals surface area contributed by atoms with Gasteiger partial charge in [0.1, 0.15) is 0 Å². The normalized spacial score (nSPS) is 10.0. The second kappa shape index (κ2) is 7.24. The summed E-state index contributed by atoms with van der Waals surface area (Å²) in [5, 5.41) is 5.79. The molecule has 0 radical (unpaired) electrons. The monoisotopic (exact) mass is 366 g/mol. The molecule has 0 aliphatic rings. The number of rotatable bonds is 4. The maximum Gasteiger partial charge on any atom is 0.251 e. The van der Waals surface area contributed by atoms with Gasteiger partial charge < -0.3 is 10.6 Å². The maximum absolute atomic E-state index is 11.8. The minimum Gasteiger partial charge on any atom is -0.343 e.